The minimum absolute atomic E-state index is 0.680. The molecule has 5 nitrogen and oxygen atoms in total. The van der Waals surface area contributed by atoms with Crippen molar-refractivity contribution >= 4 is 11.4 Å². The van der Waals surface area contributed by atoms with Gasteiger partial charge in [0.05, 0.1) is 24.1 Å². The Labute approximate surface area is 94.5 Å². The largest absolute Gasteiger partial charge is 0.396 e. The average molecular weight is 217 g/mol. The molecule has 84 valence electrons. The molecule has 0 spiro atoms. The van der Waals surface area contributed by atoms with E-state index in [0.717, 1.165) is 18.1 Å². The monoisotopic (exact) mass is 217 g/mol. The van der Waals surface area contributed by atoms with Crippen molar-refractivity contribution in [3.8, 4) is 0 Å². The van der Waals surface area contributed by atoms with Crippen LogP contribution in [-0.2, 0) is 13.6 Å². The van der Waals surface area contributed by atoms with Gasteiger partial charge in [0.1, 0.15) is 5.82 Å². The van der Waals surface area contributed by atoms with Crippen molar-refractivity contribution in [1.29, 1.82) is 0 Å². The maximum atomic E-state index is 5.86. The number of hydrogen-bond acceptors (Lipinski definition) is 4. The van der Waals surface area contributed by atoms with Gasteiger partial charge in [-0.15, -0.1) is 0 Å². The van der Waals surface area contributed by atoms with Crippen molar-refractivity contribution in [3.63, 3.8) is 0 Å². The number of nitrogens with two attached hydrogens (primary N) is 1. The lowest BCUT2D eigenvalue weighted by Crippen LogP contribution is -2.20. The lowest BCUT2D eigenvalue weighted by atomic mass is 10.3. The van der Waals surface area contributed by atoms with Gasteiger partial charge in [-0.2, -0.15) is 0 Å². The van der Waals surface area contributed by atoms with Gasteiger partial charge in [0.2, 0.25) is 0 Å². The molecule has 0 fully saturated rings. The fourth-order valence-corrected chi connectivity index (χ4v) is 1.59. The molecule has 0 atom stereocenters. The topological polar surface area (TPSA) is 60.0 Å². The summed E-state index contributed by atoms with van der Waals surface area (Å²) < 4.78 is 1.99. The van der Waals surface area contributed by atoms with Gasteiger partial charge < -0.3 is 15.2 Å². The van der Waals surface area contributed by atoms with Gasteiger partial charge in [0.25, 0.3) is 0 Å². The fraction of sp³-hybridized carbons (Fsp3) is 0.273. The van der Waals surface area contributed by atoms with E-state index < -0.39 is 0 Å². The Hall–Kier alpha value is -2.04. The van der Waals surface area contributed by atoms with Crippen molar-refractivity contribution in [1.82, 2.24) is 14.5 Å². The van der Waals surface area contributed by atoms with E-state index in [-0.39, 0.29) is 0 Å². The molecule has 2 heterocycles. The number of pyridine rings is 1. The van der Waals surface area contributed by atoms with E-state index in [4.69, 9.17) is 5.73 Å². The van der Waals surface area contributed by atoms with Crippen molar-refractivity contribution in [2.24, 2.45) is 7.05 Å². The van der Waals surface area contributed by atoms with E-state index in [2.05, 4.69) is 14.9 Å². The Morgan fingerprint density at radius 2 is 2.25 bits per heavy atom. The third-order valence-electron chi connectivity index (χ3n) is 2.54. The van der Waals surface area contributed by atoms with Gasteiger partial charge in [0, 0.05) is 32.7 Å². The molecule has 0 radical (unpaired) electrons. The first kappa shape index (κ1) is 10.5. The summed E-state index contributed by atoms with van der Waals surface area (Å²) >= 11 is 0. The predicted octanol–water partition coefficient (Wildman–Crippen LogP) is 1.03. The zero-order valence-electron chi connectivity index (χ0n) is 9.46. The maximum Gasteiger partial charge on any atom is 0.127 e. The molecule has 0 aliphatic rings. The van der Waals surface area contributed by atoms with Crippen LogP contribution >= 0.6 is 0 Å². The van der Waals surface area contributed by atoms with Gasteiger partial charge in [-0.3, -0.25) is 4.98 Å². The van der Waals surface area contributed by atoms with E-state index in [9.17, 15) is 0 Å². The molecule has 2 N–H and O–H groups in total. The highest BCUT2D eigenvalue weighted by atomic mass is 15.2. The van der Waals surface area contributed by atoms with Gasteiger partial charge in [0.15, 0.2) is 0 Å². The highest BCUT2D eigenvalue weighted by Gasteiger charge is 2.07. The summed E-state index contributed by atoms with van der Waals surface area (Å²) in [6.07, 6.45) is 7.11. The smallest absolute Gasteiger partial charge is 0.127 e. The Bertz CT molecular complexity index is 477. The standard InChI is InChI=1S/C11H15N5/c1-15-6-5-14-11(15)8-16(2)10-3-4-13-7-9(10)12/h3-7H,8,12H2,1-2H3. The molecule has 2 aromatic rings. The molecule has 0 bridgehead atoms. The Morgan fingerprint density at radius 1 is 1.44 bits per heavy atom. The molecule has 0 unspecified atom stereocenters. The first-order chi connectivity index (χ1) is 7.68. The third kappa shape index (κ3) is 1.98. The van der Waals surface area contributed by atoms with Crippen molar-refractivity contribution in [2.45, 2.75) is 6.54 Å². The molecule has 2 aromatic heterocycles. The Balaban J connectivity index is 2.18. The van der Waals surface area contributed by atoms with Crippen LogP contribution in [0.15, 0.2) is 30.9 Å². The van der Waals surface area contributed by atoms with Crippen molar-refractivity contribution in [3.05, 3.63) is 36.7 Å². The lowest BCUT2D eigenvalue weighted by Gasteiger charge is -2.20. The molecule has 0 aliphatic heterocycles. The number of aromatic nitrogens is 3. The molecule has 0 saturated carbocycles. The molecular formula is C11H15N5. The summed E-state index contributed by atoms with van der Waals surface area (Å²) in [5, 5.41) is 0. The van der Waals surface area contributed by atoms with Crippen LogP contribution in [0, 0.1) is 0 Å². The second kappa shape index (κ2) is 4.22. The van der Waals surface area contributed by atoms with Crippen LogP contribution in [0.5, 0.6) is 0 Å². The van der Waals surface area contributed by atoms with Gasteiger partial charge >= 0.3 is 0 Å². The summed E-state index contributed by atoms with van der Waals surface area (Å²) in [5.74, 6) is 0.999. The zero-order chi connectivity index (χ0) is 11.5. The van der Waals surface area contributed by atoms with Crippen LogP contribution in [0.4, 0.5) is 11.4 Å². The Morgan fingerprint density at radius 3 is 2.88 bits per heavy atom. The molecule has 2 rings (SSSR count). The van der Waals surface area contributed by atoms with E-state index in [0.29, 0.717) is 5.69 Å². The van der Waals surface area contributed by atoms with E-state index in [1.165, 1.54) is 0 Å². The highest BCUT2D eigenvalue weighted by molar-refractivity contribution is 5.65. The molecule has 0 amide bonds. The highest BCUT2D eigenvalue weighted by Crippen LogP contribution is 2.20. The quantitative estimate of drug-likeness (QED) is 0.834. The van der Waals surface area contributed by atoms with Crippen LogP contribution in [0.3, 0.4) is 0 Å². The predicted molar refractivity (Wildman–Crippen MR) is 64.0 cm³/mol. The van der Waals surface area contributed by atoms with Gasteiger partial charge in [-0.25, -0.2) is 4.98 Å². The van der Waals surface area contributed by atoms with Gasteiger partial charge in [-0.05, 0) is 6.07 Å². The van der Waals surface area contributed by atoms with Crippen LogP contribution < -0.4 is 10.6 Å². The van der Waals surface area contributed by atoms with Crippen molar-refractivity contribution in [2.75, 3.05) is 17.7 Å². The SMILES string of the molecule is CN(Cc1nccn1C)c1ccncc1N. The van der Waals surface area contributed by atoms with E-state index in [1.54, 1.807) is 18.6 Å². The molecule has 16 heavy (non-hydrogen) atoms. The fourth-order valence-electron chi connectivity index (χ4n) is 1.59. The second-order valence-electron chi connectivity index (χ2n) is 3.74. The number of nitrogens with zero attached hydrogens (tertiary/aromatic N) is 4. The normalized spacial score (nSPS) is 10.4. The average Bonchev–Trinajstić information content (AvgIpc) is 2.65. The molecule has 5 heteroatoms. The van der Waals surface area contributed by atoms with Gasteiger partial charge in [-0.1, -0.05) is 0 Å². The van der Waals surface area contributed by atoms with Crippen LogP contribution in [-0.4, -0.2) is 21.6 Å². The summed E-state index contributed by atoms with van der Waals surface area (Å²) in [7, 11) is 3.96. The Kier molecular flexibility index (Phi) is 2.76. The summed E-state index contributed by atoms with van der Waals surface area (Å²) in [5.41, 5.74) is 7.51. The zero-order valence-corrected chi connectivity index (χ0v) is 9.46. The van der Waals surface area contributed by atoms with Crippen LogP contribution in [0.25, 0.3) is 0 Å². The second-order valence-corrected chi connectivity index (χ2v) is 3.74. The third-order valence-corrected chi connectivity index (χ3v) is 2.54. The molecule has 0 aliphatic carbocycles. The minimum Gasteiger partial charge on any atom is -0.396 e. The van der Waals surface area contributed by atoms with Crippen LogP contribution in [0.2, 0.25) is 0 Å². The number of anilines is 2. The number of imidazole rings is 1. The maximum absolute atomic E-state index is 5.86. The summed E-state index contributed by atoms with van der Waals surface area (Å²) in [6.45, 7) is 0.720. The molecular weight excluding hydrogens is 202 g/mol. The molecule has 0 aromatic carbocycles. The minimum atomic E-state index is 0.680. The first-order valence-corrected chi connectivity index (χ1v) is 5.05. The lowest BCUT2D eigenvalue weighted by molar-refractivity contribution is 0.762. The van der Waals surface area contributed by atoms with E-state index in [1.807, 2.05) is 30.9 Å². The number of hydrogen-bond donors (Lipinski definition) is 1. The van der Waals surface area contributed by atoms with E-state index >= 15 is 0 Å². The number of rotatable bonds is 3. The van der Waals surface area contributed by atoms with Crippen LogP contribution in [0.1, 0.15) is 5.82 Å². The summed E-state index contributed by atoms with van der Waals surface area (Å²) in [6, 6.07) is 1.90. The molecule has 0 saturated heterocycles. The summed E-state index contributed by atoms with van der Waals surface area (Å²) in [4.78, 5) is 10.3. The number of aryl methyl sites for hydroxylation is 1. The first-order valence-electron chi connectivity index (χ1n) is 5.05. The van der Waals surface area contributed by atoms with Crippen molar-refractivity contribution < 1.29 is 0 Å². The number of nitrogen functional groups attached to an aromatic ring is 1.